The first-order valence-electron chi connectivity index (χ1n) is 11.2. The van der Waals surface area contributed by atoms with Crippen LogP contribution >= 0.6 is 24.0 Å². The zero-order chi connectivity index (χ0) is 21.8. The number of nitrogens with zero attached hydrogens (tertiary/aromatic N) is 2. The number of guanidine groups is 1. The molecule has 0 radical (unpaired) electrons. The molecule has 7 nitrogen and oxygen atoms in total. The second-order valence-electron chi connectivity index (χ2n) is 8.66. The maximum atomic E-state index is 11.7. The standard InChI is InChI=1S/C23H39N5O2.HI/c1-5-24-21(25-13-14-26-22(29)30-23(2,3)4)27-17-19-11-7-8-12-20(19)18-28-15-9-6-10-16-28;/h7-8,11-12H,5-6,9-10,13-18H2,1-4H3,(H,26,29)(H2,24,25,27);1H. The molecule has 1 amide bonds. The third kappa shape index (κ3) is 11.6. The fourth-order valence-corrected chi connectivity index (χ4v) is 3.39. The van der Waals surface area contributed by atoms with E-state index in [1.807, 2.05) is 27.7 Å². The Morgan fingerprint density at radius 3 is 2.32 bits per heavy atom. The van der Waals surface area contributed by atoms with Gasteiger partial charge in [-0.3, -0.25) is 4.90 Å². The molecule has 1 aromatic rings. The van der Waals surface area contributed by atoms with Crippen molar-refractivity contribution in [1.29, 1.82) is 0 Å². The molecule has 31 heavy (non-hydrogen) atoms. The number of benzene rings is 1. The number of alkyl carbamates (subject to hydrolysis) is 1. The maximum absolute atomic E-state index is 11.7. The fourth-order valence-electron chi connectivity index (χ4n) is 3.39. The predicted octanol–water partition coefficient (Wildman–Crippen LogP) is 3.87. The average molecular weight is 546 g/mol. The molecule has 0 spiro atoms. The second kappa shape index (κ2) is 14.5. The highest BCUT2D eigenvalue weighted by Gasteiger charge is 2.15. The maximum Gasteiger partial charge on any atom is 0.407 e. The number of hydrogen-bond donors (Lipinski definition) is 3. The molecule has 1 heterocycles. The van der Waals surface area contributed by atoms with Crippen LogP contribution in [0.15, 0.2) is 29.3 Å². The average Bonchev–Trinajstić information content (AvgIpc) is 2.69. The molecular weight excluding hydrogens is 505 g/mol. The zero-order valence-electron chi connectivity index (χ0n) is 19.5. The quantitative estimate of drug-likeness (QED) is 0.200. The van der Waals surface area contributed by atoms with Gasteiger partial charge in [-0.1, -0.05) is 30.7 Å². The van der Waals surface area contributed by atoms with Crippen molar-refractivity contribution in [3.05, 3.63) is 35.4 Å². The fraction of sp³-hybridized carbons (Fsp3) is 0.652. The number of likely N-dealkylation sites (tertiary alicyclic amines) is 1. The van der Waals surface area contributed by atoms with Gasteiger partial charge < -0.3 is 20.7 Å². The smallest absolute Gasteiger partial charge is 0.407 e. The number of ether oxygens (including phenoxy) is 1. The van der Waals surface area contributed by atoms with Crippen molar-refractivity contribution in [1.82, 2.24) is 20.9 Å². The van der Waals surface area contributed by atoms with Crippen molar-refractivity contribution in [2.75, 3.05) is 32.7 Å². The first kappa shape index (κ1) is 27.5. The van der Waals surface area contributed by atoms with E-state index in [1.54, 1.807) is 0 Å². The Kier molecular flexibility index (Phi) is 12.9. The molecule has 1 aliphatic heterocycles. The van der Waals surface area contributed by atoms with E-state index in [-0.39, 0.29) is 24.0 Å². The van der Waals surface area contributed by atoms with Gasteiger partial charge in [-0.05, 0) is 64.8 Å². The summed E-state index contributed by atoms with van der Waals surface area (Å²) < 4.78 is 5.25. The molecule has 0 unspecified atom stereocenters. The van der Waals surface area contributed by atoms with Crippen molar-refractivity contribution < 1.29 is 9.53 Å². The van der Waals surface area contributed by atoms with Crippen molar-refractivity contribution in [3.8, 4) is 0 Å². The van der Waals surface area contributed by atoms with Gasteiger partial charge in [-0.15, -0.1) is 24.0 Å². The Labute approximate surface area is 204 Å². The number of amides is 1. The molecule has 1 aromatic carbocycles. The van der Waals surface area contributed by atoms with E-state index in [0.29, 0.717) is 19.6 Å². The van der Waals surface area contributed by atoms with Crippen LogP contribution < -0.4 is 16.0 Å². The number of carbonyl (C=O) groups is 1. The van der Waals surface area contributed by atoms with Crippen LogP contribution in [0.1, 0.15) is 58.1 Å². The Hall–Kier alpha value is -1.55. The van der Waals surface area contributed by atoms with Crippen LogP contribution in [0.25, 0.3) is 0 Å². The molecule has 1 fully saturated rings. The Morgan fingerprint density at radius 2 is 1.68 bits per heavy atom. The molecule has 0 aliphatic carbocycles. The van der Waals surface area contributed by atoms with Crippen LogP contribution in [0.5, 0.6) is 0 Å². The monoisotopic (exact) mass is 545 g/mol. The lowest BCUT2D eigenvalue weighted by Gasteiger charge is -2.27. The van der Waals surface area contributed by atoms with Gasteiger partial charge in [0, 0.05) is 26.2 Å². The van der Waals surface area contributed by atoms with Crippen molar-refractivity contribution in [2.24, 2.45) is 4.99 Å². The van der Waals surface area contributed by atoms with Gasteiger partial charge in [0.15, 0.2) is 5.96 Å². The Morgan fingerprint density at radius 1 is 1.03 bits per heavy atom. The summed E-state index contributed by atoms with van der Waals surface area (Å²) in [6.45, 7) is 13.4. The number of halogens is 1. The lowest BCUT2D eigenvalue weighted by Crippen LogP contribution is -2.42. The van der Waals surface area contributed by atoms with Crippen LogP contribution in [-0.4, -0.2) is 55.3 Å². The molecule has 8 heteroatoms. The number of piperidine rings is 1. The number of hydrogen-bond acceptors (Lipinski definition) is 4. The van der Waals surface area contributed by atoms with Crippen molar-refractivity contribution in [2.45, 2.75) is 65.6 Å². The summed E-state index contributed by atoms with van der Waals surface area (Å²) in [7, 11) is 0. The van der Waals surface area contributed by atoms with Gasteiger partial charge in [-0.25, -0.2) is 9.79 Å². The lowest BCUT2D eigenvalue weighted by molar-refractivity contribution is 0.0529. The van der Waals surface area contributed by atoms with E-state index in [4.69, 9.17) is 9.73 Å². The van der Waals surface area contributed by atoms with E-state index in [9.17, 15) is 4.79 Å². The van der Waals surface area contributed by atoms with Crippen LogP contribution in [-0.2, 0) is 17.8 Å². The molecule has 1 aliphatic rings. The summed E-state index contributed by atoms with van der Waals surface area (Å²) in [5.41, 5.74) is 2.12. The van der Waals surface area contributed by atoms with Crippen LogP contribution in [0.2, 0.25) is 0 Å². The summed E-state index contributed by atoms with van der Waals surface area (Å²) >= 11 is 0. The molecule has 0 saturated carbocycles. The molecule has 0 bridgehead atoms. The molecule has 3 N–H and O–H groups in total. The normalized spacial score (nSPS) is 15.0. The first-order chi connectivity index (χ1) is 14.4. The third-order valence-corrected chi connectivity index (χ3v) is 4.80. The third-order valence-electron chi connectivity index (χ3n) is 4.80. The Balaban J connectivity index is 0.00000480. The summed E-state index contributed by atoms with van der Waals surface area (Å²) in [6.07, 6.45) is 3.54. The number of carbonyl (C=O) groups excluding carboxylic acids is 1. The minimum Gasteiger partial charge on any atom is -0.444 e. The van der Waals surface area contributed by atoms with Gasteiger partial charge in [0.25, 0.3) is 0 Å². The lowest BCUT2D eigenvalue weighted by atomic mass is 10.1. The van der Waals surface area contributed by atoms with Crippen LogP contribution in [0, 0.1) is 0 Å². The minimum absolute atomic E-state index is 0. The van der Waals surface area contributed by atoms with Gasteiger partial charge in [0.1, 0.15) is 5.60 Å². The van der Waals surface area contributed by atoms with E-state index in [0.717, 1.165) is 19.0 Å². The topological polar surface area (TPSA) is 78.0 Å². The van der Waals surface area contributed by atoms with Crippen LogP contribution in [0.3, 0.4) is 0 Å². The second-order valence-corrected chi connectivity index (χ2v) is 8.66. The molecular formula is C23H40IN5O2. The van der Waals surface area contributed by atoms with E-state index in [2.05, 4.69) is 45.1 Å². The molecule has 0 aromatic heterocycles. The van der Waals surface area contributed by atoms with Crippen LogP contribution in [0.4, 0.5) is 4.79 Å². The summed E-state index contributed by atoms with van der Waals surface area (Å²) in [5, 5.41) is 9.29. The highest BCUT2D eigenvalue weighted by atomic mass is 127. The van der Waals surface area contributed by atoms with Gasteiger partial charge in [-0.2, -0.15) is 0 Å². The molecule has 2 rings (SSSR count). The largest absolute Gasteiger partial charge is 0.444 e. The van der Waals surface area contributed by atoms with Crippen molar-refractivity contribution >= 4 is 36.0 Å². The first-order valence-corrected chi connectivity index (χ1v) is 11.2. The molecule has 1 saturated heterocycles. The van der Waals surface area contributed by atoms with Gasteiger partial charge in [0.05, 0.1) is 6.54 Å². The van der Waals surface area contributed by atoms with E-state index in [1.165, 1.54) is 43.5 Å². The zero-order valence-corrected chi connectivity index (χ0v) is 21.8. The number of rotatable bonds is 8. The molecule has 0 atom stereocenters. The summed E-state index contributed by atoms with van der Waals surface area (Å²) in [6, 6.07) is 8.56. The number of nitrogens with one attached hydrogen (secondary N) is 3. The number of aliphatic imine (C=N–C) groups is 1. The predicted molar refractivity (Wildman–Crippen MR) is 138 cm³/mol. The van der Waals surface area contributed by atoms with E-state index >= 15 is 0 Å². The van der Waals surface area contributed by atoms with Crippen molar-refractivity contribution in [3.63, 3.8) is 0 Å². The minimum atomic E-state index is -0.491. The summed E-state index contributed by atoms with van der Waals surface area (Å²) in [5.74, 6) is 0.747. The Bertz CT molecular complexity index is 685. The van der Waals surface area contributed by atoms with Gasteiger partial charge in [0.2, 0.25) is 0 Å². The SMILES string of the molecule is CCNC(=NCc1ccccc1CN1CCCCC1)NCCNC(=O)OC(C)(C)C.I. The summed E-state index contributed by atoms with van der Waals surface area (Å²) in [4.78, 5) is 19.0. The molecule has 176 valence electrons. The highest BCUT2D eigenvalue weighted by molar-refractivity contribution is 14.0. The van der Waals surface area contributed by atoms with Gasteiger partial charge >= 0.3 is 6.09 Å². The highest BCUT2D eigenvalue weighted by Crippen LogP contribution is 2.16. The van der Waals surface area contributed by atoms with E-state index < -0.39 is 11.7 Å².